The van der Waals surface area contributed by atoms with Gasteiger partial charge in [0.2, 0.25) is 0 Å². The molecular formula is C8H14N2. The average Bonchev–Trinajstić information content (AvgIpc) is 2.47. The molecule has 1 aliphatic carbocycles. The summed E-state index contributed by atoms with van der Waals surface area (Å²) < 4.78 is 0. The van der Waals surface area contributed by atoms with Gasteiger partial charge >= 0.3 is 0 Å². The molecule has 2 rings (SSSR count). The molecule has 0 aromatic heterocycles. The van der Waals surface area contributed by atoms with Crippen LogP contribution in [0.5, 0.6) is 0 Å². The lowest BCUT2D eigenvalue weighted by atomic mass is 10.1. The van der Waals surface area contributed by atoms with E-state index in [0.717, 1.165) is 6.67 Å². The Morgan fingerprint density at radius 3 is 2.90 bits per heavy atom. The Morgan fingerprint density at radius 2 is 2.40 bits per heavy atom. The van der Waals surface area contributed by atoms with Crippen molar-refractivity contribution >= 4 is 0 Å². The summed E-state index contributed by atoms with van der Waals surface area (Å²) in [7, 11) is 0. The van der Waals surface area contributed by atoms with Gasteiger partial charge in [-0.3, -0.25) is 0 Å². The molecule has 0 aromatic carbocycles. The molecule has 1 heterocycles. The van der Waals surface area contributed by atoms with Crippen molar-refractivity contribution in [2.24, 2.45) is 5.41 Å². The van der Waals surface area contributed by atoms with E-state index >= 15 is 0 Å². The molecule has 1 aliphatic heterocycles. The summed E-state index contributed by atoms with van der Waals surface area (Å²) in [6.45, 7) is 4.60. The first-order chi connectivity index (χ1) is 4.79. The molecule has 0 aromatic rings. The molecule has 56 valence electrons. The van der Waals surface area contributed by atoms with E-state index in [-0.39, 0.29) is 0 Å². The predicted octanol–water partition coefficient (Wildman–Crippen LogP) is 1.12. The Labute approximate surface area is 61.9 Å². The van der Waals surface area contributed by atoms with Gasteiger partial charge < -0.3 is 10.2 Å². The lowest BCUT2D eigenvalue weighted by Crippen LogP contribution is -2.26. The third-order valence-corrected chi connectivity index (χ3v) is 2.39. The van der Waals surface area contributed by atoms with Crippen molar-refractivity contribution in [3.8, 4) is 0 Å². The van der Waals surface area contributed by atoms with Gasteiger partial charge in [0, 0.05) is 18.9 Å². The van der Waals surface area contributed by atoms with Crippen LogP contribution in [0.25, 0.3) is 0 Å². The van der Waals surface area contributed by atoms with Crippen molar-refractivity contribution in [2.45, 2.75) is 19.8 Å². The molecule has 0 amide bonds. The largest absolute Gasteiger partial charge is 0.373 e. The summed E-state index contributed by atoms with van der Waals surface area (Å²) in [5, 5.41) is 3.17. The van der Waals surface area contributed by atoms with Gasteiger partial charge in [0.15, 0.2) is 0 Å². The zero-order chi connectivity index (χ0) is 7.03. The van der Waals surface area contributed by atoms with Gasteiger partial charge in [-0.15, -0.1) is 0 Å². The third kappa shape index (κ3) is 1.11. The summed E-state index contributed by atoms with van der Waals surface area (Å²) >= 11 is 0. The van der Waals surface area contributed by atoms with Gasteiger partial charge in [-0.25, -0.2) is 0 Å². The van der Waals surface area contributed by atoms with E-state index < -0.39 is 0 Å². The minimum Gasteiger partial charge on any atom is -0.373 e. The first-order valence-electron chi connectivity index (χ1n) is 3.93. The molecule has 1 saturated carbocycles. The fraction of sp³-hybridized carbons (Fsp3) is 0.750. The normalized spacial score (nSPS) is 26.7. The average molecular weight is 138 g/mol. The maximum absolute atomic E-state index is 3.17. The summed E-state index contributed by atoms with van der Waals surface area (Å²) in [6, 6.07) is 0. The fourth-order valence-electron chi connectivity index (χ4n) is 1.35. The van der Waals surface area contributed by atoms with Crippen LogP contribution in [-0.2, 0) is 0 Å². The molecule has 0 saturated heterocycles. The molecule has 2 nitrogen and oxygen atoms in total. The summed E-state index contributed by atoms with van der Waals surface area (Å²) in [6.07, 6.45) is 6.99. The second kappa shape index (κ2) is 1.91. The van der Waals surface area contributed by atoms with Crippen LogP contribution in [0.2, 0.25) is 0 Å². The zero-order valence-electron chi connectivity index (χ0n) is 6.43. The van der Waals surface area contributed by atoms with Crippen LogP contribution in [0.3, 0.4) is 0 Å². The first-order valence-corrected chi connectivity index (χ1v) is 3.93. The van der Waals surface area contributed by atoms with Crippen LogP contribution >= 0.6 is 0 Å². The standard InChI is InChI=1S/C8H14N2/c1-8(2-3-8)6-10-5-4-9-7-10/h4-5,9H,2-3,6-7H2,1H3. The van der Waals surface area contributed by atoms with Crippen molar-refractivity contribution in [1.29, 1.82) is 0 Å². The van der Waals surface area contributed by atoms with Gasteiger partial charge in [0.05, 0.1) is 6.67 Å². The van der Waals surface area contributed by atoms with Crippen molar-refractivity contribution in [1.82, 2.24) is 10.2 Å². The van der Waals surface area contributed by atoms with E-state index in [2.05, 4.69) is 23.3 Å². The molecule has 10 heavy (non-hydrogen) atoms. The highest BCUT2D eigenvalue weighted by Crippen LogP contribution is 2.45. The van der Waals surface area contributed by atoms with Crippen molar-refractivity contribution in [3.05, 3.63) is 12.4 Å². The second-order valence-electron chi connectivity index (χ2n) is 3.74. The van der Waals surface area contributed by atoms with E-state index in [1.54, 1.807) is 0 Å². The molecule has 1 fully saturated rings. The highest BCUT2D eigenvalue weighted by Gasteiger charge is 2.38. The first kappa shape index (κ1) is 6.08. The monoisotopic (exact) mass is 138 g/mol. The number of nitrogens with one attached hydrogen (secondary N) is 1. The third-order valence-electron chi connectivity index (χ3n) is 2.39. The Bertz CT molecular complexity index is 159. The summed E-state index contributed by atoms with van der Waals surface area (Å²) in [4.78, 5) is 2.34. The molecule has 0 radical (unpaired) electrons. The van der Waals surface area contributed by atoms with Crippen molar-refractivity contribution < 1.29 is 0 Å². The summed E-state index contributed by atoms with van der Waals surface area (Å²) in [5.74, 6) is 0. The maximum atomic E-state index is 3.17. The van der Waals surface area contributed by atoms with Crippen LogP contribution in [-0.4, -0.2) is 18.1 Å². The Morgan fingerprint density at radius 1 is 1.60 bits per heavy atom. The molecule has 0 atom stereocenters. The van der Waals surface area contributed by atoms with Crippen LogP contribution in [0.1, 0.15) is 19.8 Å². The van der Waals surface area contributed by atoms with E-state index in [4.69, 9.17) is 0 Å². The fourth-order valence-corrected chi connectivity index (χ4v) is 1.35. The number of rotatable bonds is 2. The van der Waals surface area contributed by atoms with Crippen LogP contribution in [0.15, 0.2) is 12.4 Å². The Kier molecular flexibility index (Phi) is 1.16. The smallest absolute Gasteiger partial charge is 0.0867 e. The molecule has 0 spiro atoms. The molecular weight excluding hydrogens is 124 g/mol. The Hall–Kier alpha value is -0.660. The lowest BCUT2D eigenvalue weighted by Gasteiger charge is -2.18. The molecule has 1 N–H and O–H groups in total. The highest BCUT2D eigenvalue weighted by molar-refractivity contribution is 4.96. The molecule has 2 heteroatoms. The SMILES string of the molecule is CC1(CN2C=CNC2)CC1. The number of nitrogens with zero attached hydrogens (tertiary/aromatic N) is 1. The van der Waals surface area contributed by atoms with Gasteiger partial charge in [-0.1, -0.05) is 6.92 Å². The molecule has 0 unspecified atom stereocenters. The summed E-state index contributed by atoms with van der Waals surface area (Å²) in [5.41, 5.74) is 0.649. The molecule has 0 bridgehead atoms. The lowest BCUT2D eigenvalue weighted by molar-refractivity contribution is 0.317. The molecule has 2 aliphatic rings. The second-order valence-corrected chi connectivity index (χ2v) is 3.74. The zero-order valence-corrected chi connectivity index (χ0v) is 6.43. The van der Waals surface area contributed by atoms with E-state index in [1.165, 1.54) is 19.4 Å². The maximum Gasteiger partial charge on any atom is 0.0867 e. The van der Waals surface area contributed by atoms with E-state index in [0.29, 0.717) is 5.41 Å². The van der Waals surface area contributed by atoms with Crippen molar-refractivity contribution in [2.75, 3.05) is 13.2 Å². The van der Waals surface area contributed by atoms with Gasteiger partial charge in [0.1, 0.15) is 0 Å². The van der Waals surface area contributed by atoms with Gasteiger partial charge in [-0.2, -0.15) is 0 Å². The highest BCUT2D eigenvalue weighted by atomic mass is 15.2. The van der Waals surface area contributed by atoms with Crippen molar-refractivity contribution in [3.63, 3.8) is 0 Å². The van der Waals surface area contributed by atoms with Gasteiger partial charge in [-0.05, 0) is 18.3 Å². The van der Waals surface area contributed by atoms with E-state index in [1.807, 2.05) is 6.20 Å². The van der Waals surface area contributed by atoms with Crippen LogP contribution in [0, 0.1) is 5.41 Å². The minimum absolute atomic E-state index is 0.649. The minimum atomic E-state index is 0.649. The van der Waals surface area contributed by atoms with E-state index in [9.17, 15) is 0 Å². The predicted molar refractivity (Wildman–Crippen MR) is 41.2 cm³/mol. The Balaban J connectivity index is 1.84. The quantitative estimate of drug-likeness (QED) is 0.615. The number of hydrogen-bond acceptors (Lipinski definition) is 2. The van der Waals surface area contributed by atoms with Gasteiger partial charge in [0.25, 0.3) is 0 Å². The topological polar surface area (TPSA) is 15.3 Å². The van der Waals surface area contributed by atoms with Crippen LogP contribution < -0.4 is 5.32 Å². The number of hydrogen-bond donors (Lipinski definition) is 1. The van der Waals surface area contributed by atoms with Crippen LogP contribution in [0.4, 0.5) is 0 Å².